The largest absolute Gasteiger partial charge is 0.392 e. The van der Waals surface area contributed by atoms with Crippen LogP contribution in [-0.4, -0.2) is 21.4 Å². The van der Waals surface area contributed by atoms with Crippen molar-refractivity contribution in [2.75, 3.05) is 0 Å². The van der Waals surface area contributed by atoms with Crippen LogP contribution in [-0.2, 0) is 12.8 Å². The zero-order valence-electron chi connectivity index (χ0n) is 11.0. The zero-order chi connectivity index (χ0) is 13.2. The molecule has 0 saturated heterocycles. The predicted molar refractivity (Wildman–Crippen MR) is 70.7 cm³/mol. The highest BCUT2D eigenvalue weighted by Crippen LogP contribution is 2.33. The van der Waals surface area contributed by atoms with Crippen molar-refractivity contribution in [2.24, 2.45) is 5.92 Å². The van der Waals surface area contributed by atoms with E-state index in [2.05, 4.69) is 35.3 Å². The Morgan fingerprint density at radius 3 is 3.00 bits per heavy atom. The lowest BCUT2D eigenvalue weighted by Crippen LogP contribution is -2.12. The molecule has 0 bridgehead atoms. The van der Waals surface area contributed by atoms with Gasteiger partial charge in [-0.1, -0.05) is 35.0 Å². The molecule has 0 spiro atoms. The summed E-state index contributed by atoms with van der Waals surface area (Å²) in [6.07, 6.45) is 3.06. The van der Waals surface area contributed by atoms with E-state index in [0.717, 1.165) is 12.8 Å². The van der Waals surface area contributed by atoms with Crippen molar-refractivity contribution < 1.29 is 9.63 Å². The lowest BCUT2D eigenvalue weighted by molar-refractivity contribution is 0.140. The summed E-state index contributed by atoms with van der Waals surface area (Å²) in [5, 5.41) is 13.8. The van der Waals surface area contributed by atoms with E-state index in [9.17, 15) is 5.11 Å². The molecule has 0 radical (unpaired) electrons. The third-order valence-electron chi connectivity index (χ3n) is 3.50. The molecule has 1 atom stereocenters. The van der Waals surface area contributed by atoms with Crippen molar-refractivity contribution in [3.8, 4) is 0 Å². The first kappa shape index (κ1) is 12.4. The molecule has 1 saturated carbocycles. The monoisotopic (exact) mass is 258 g/mol. The number of aryl methyl sites for hydroxylation is 1. The molecule has 1 N–H and O–H groups in total. The second kappa shape index (κ2) is 5.13. The number of rotatable bonds is 5. The van der Waals surface area contributed by atoms with Crippen LogP contribution in [0.4, 0.5) is 0 Å². The molecule has 1 unspecified atom stereocenters. The van der Waals surface area contributed by atoms with Crippen LogP contribution in [0, 0.1) is 12.8 Å². The van der Waals surface area contributed by atoms with Crippen molar-refractivity contribution in [2.45, 2.75) is 38.7 Å². The number of hydrogen-bond acceptors (Lipinski definition) is 4. The summed E-state index contributed by atoms with van der Waals surface area (Å²) in [6, 6.07) is 8.27. The van der Waals surface area contributed by atoms with Gasteiger partial charge in [0, 0.05) is 6.42 Å². The first-order chi connectivity index (χ1) is 9.20. The molecule has 4 nitrogen and oxygen atoms in total. The van der Waals surface area contributed by atoms with Gasteiger partial charge in [-0.05, 0) is 31.2 Å². The molecule has 1 aliphatic carbocycles. The van der Waals surface area contributed by atoms with E-state index in [4.69, 9.17) is 4.52 Å². The lowest BCUT2D eigenvalue weighted by atomic mass is 10.1. The molecule has 4 heteroatoms. The van der Waals surface area contributed by atoms with Crippen molar-refractivity contribution in [1.29, 1.82) is 0 Å². The molecule has 0 amide bonds. The first-order valence-corrected chi connectivity index (χ1v) is 6.76. The van der Waals surface area contributed by atoms with Gasteiger partial charge in [-0.15, -0.1) is 0 Å². The maximum Gasteiger partial charge on any atom is 0.229 e. The number of aliphatic hydroxyl groups excluding tert-OH is 1. The Bertz CT molecular complexity index is 561. The highest BCUT2D eigenvalue weighted by Gasteiger charge is 2.31. The van der Waals surface area contributed by atoms with E-state index in [1.165, 1.54) is 11.1 Å². The van der Waals surface area contributed by atoms with Gasteiger partial charge in [-0.25, -0.2) is 0 Å². The Labute approximate surface area is 112 Å². The maximum atomic E-state index is 9.85. The van der Waals surface area contributed by atoms with Crippen LogP contribution in [0.3, 0.4) is 0 Å². The van der Waals surface area contributed by atoms with Gasteiger partial charge in [0.2, 0.25) is 5.89 Å². The molecular formula is C15H18N2O2. The standard InChI is InChI=1S/C15H18N2O2/c1-10-3-2-4-11(7-10)8-14-16-15(19-17-14)9-13(18)12-5-6-12/h2-4,7,12-13,18H,5-6,8-9H2,1H3. The Kier molecular flexibility index (Phi) is 3.34. The Balaban J connectivity index is 1.64. The van der Waals surface area contributed by atoms with E-state index in [-0.39, 0.29) is 6.10 Å². The molecule has 2 aromatic rings. The van der Waals surface area contributed by atoms with E-state index in [0.29, 0.717) is 30.5 Å². The second-order valence-corrected chi connectivity index (χ2v) is 5.38. The minimum Gasteiger partial charge on any atom is -0.392 e. The summed E-state index contributed by atoms with van der Waals surface area (Å²) in [4.78, 5) is 4.35. The predicted octanol–water partition coefficient (Wildman–Crippen LogP) is 2.28. The maximum absolute atomic E-state index is 9.85. The summed E-state index contributed by atoms with van der Waals surface area (Å²) in [5.74, 6) is 1.66. The minimum atomic E-state index is -0.327. The van der Waals surface area contributed by atoms with Crippen molar-refractivity contribution in [1.82, 2.24) is 10.1 Å². The average Bonchev–Trinajstić information content (AvgIpc) is 3.13. The van der Waals surface area contributed by atoms with Crippen molar-refractivity contribution in [3.05, 3.63) is 47.1 Å². The molecule has 100 valence electrons. The second-order valence-electron chi connectivity index (χ2n) is 5.38. The summed E-state index contributed by atoms with van der Waals surface area (Å²) in [7, 11) is 0. The van der Waals surface area contributed by atoms with Crippen LogP contribution < -0.4 is 0 Å². The van der Waals surface area contributed by atoms with Crippen LogP contribution >= 0.6 is 0 Å². The Hall–Kier alpha value is -1.68. The van der Waals surface area contributed by atoms with Crippen LogP contribution in [0.1, 0.15) is 35.7 Å². The quantitative estimate of drug-likeness (QED) is 0.893. The van der Waals surface area contributed by atoms with Gasteiger partial charge in [0.15, 0.2) is 5.82 Å². The van der Waals surface area contributed by atoms with E-state index in [1.54, 1.807) is 0 Å². The van der Waals surface area contributed by atoms with Gasteiger partial charge in [0.05, 0.1) is 12.5 Å². The topological polar surface area (TPSA) is 59.2 Å². The third kappa shape index (κ3) is 3.20. The number of benzene rings is 1. The smallest absolute Gasteiger partial charge is 0.229 e. The fourth-order valence-electron chi connectivity index (χ4n) is 2.28. The summed E-state index contributed by atoms with van der Waals surface area (Å²) in [6.45, 7) is 2.07. The van der Waals surface area contributed by atoms with E-state index >= 15 is 0 Å². The van der Waals surface area contributed by atoms with Crippen LogP contribution in [0.15, 0.2) is 28.8 Å². The minimum absolute atomic E-state index is 0.327. The van der Waals surface area contributed by atoms with Gasteiger partial charge < -0.3 is 9.63 Å². The molecular weight excluding hydrogens is 240 g/mol. The van der Waals surface area contributed by atoms with Crippen LogP contribution in [0.2, 0.25) is 0 Å². The summed E-state index contributed by atoms with van der Waals surface area (Å²) < 4.78 is 5.19. The molecule has 1 aromatic heterocycles. The van der Waals surface area contributed by atoms with Crippen LogP contribution in [0.25, 0.3) is 0 Å². The third-order valence-corrected chi connectivity index (χ3v) is 3.50. The fraction of sp³-hybridized carbons (Fsp3) is 0.467. The average molecular weight is 258 g/mol. The highest BCUT2D eigenvalue weighted by molar-refractivity contribution is 5.24. The zero-order valence-corrected chi connectivity index (χ0v) is 11.0. The van der Waals surface area contributed by atoms with Gasteiger partial charge in [0.25, 0.3) is 0 Å². The first-order valence-electron chi connectivity index (χ1n) is 6.76. The lowest BCUT2D eigenvalue weighted by Gasteiger charge is -2.03. The van der Waals surface area contributed by atoms with Gasteiger partial charge in [-0.3, -0.25) is 0 Å². The number of aromatic nitrogens is 2. The number of nitrogens with zero attached hydrogens (tertiary/aromatic N) is 2. The fourth-order valence-corrected chi connectivity index (χ4v) is 2.28. The Morgan fingerprint density at radius 1 is 1.42 bits per heavy atom. The summed E-state index contributed by atoms with van der Waals surface area (Å²) >= 11 is 0. The molecule has 1 aliphatic rings. The van der Waals surface area contributed by atoms with Gasteiger partial charge in [-0.2, -0.15) is 4.98 Å². The van der Waals surface area contributed by atoms with Crippen molar-refractivity contribution in [3.63, 3.8) is 0 Å². The SMILES string of the molecule is Cc1cccc(Cc2noc(CC(O)C3CC3)n2)c1. The highest BCUT2D eigenvalue weighted by atomic mass is 16.5. The summed E-state index contributed by atoms with van der Waals surface area (Å²) in [5.41, 5.74) is 2.40. The molecule has 19 heavy (non-hydrogen) atoms. The number of hydrogen-bond donors (Lipinski definition) is 1. The number of aliphatic hydroxyl groups is 1. The Morgan fingerprint density at radius 2 is 2.26 bits per heavy atom. The van der Waals surface area contributed by atoms with E-state index in [1.807, 2.05) is 6.07 Å². The normalized spacial score (nSPS) is 16.5. The molecule has 3 rings (SSSR count). The molecule has 0 aliphatic heterocycles. The molecule has 1 aromatic carbocycles. The molecule has 1 heterocycles. The van der Waals surface area contributed by atoms with Crippen LogP contribution in [0.5, 0.6) is 0 Å². The van der Waals surface area contributed by atoms with E-state index < -0.39 is 0 Å². The van der Waals surface area contributed by atoms with Gasteiger partial charge >= 0.3 is 0 Å². The van der Waals surface area contributed by atoms with Gasteiger partial charge in [0.1, 0.15) is 0 Å². The van der Waals surface area contributed by atoms with Crippen molar-refractivity contribution >= 4 is 0 Å². The molecule has 1 fully saturated rings.